The monoisotopic (exact) mass is 295 g/mol. The van der Waals surface area contributed by atoms with Gasteiger partial charge < -0.3 is 0 Å². The first-order valence-corrected chi connectivity index (χ1v) is 6.55. The number of Topliss-reactive ketones (excluding diaryl/α,β-unsaturated/α-hetero) is 1. The van der Waals surface area contributed by atoms with Crippen LogP contribution in [0.25, 0.3) is 0 Å². The number of rotatable bonds is 4. The summed E-state index contributed by atoms with van der Waals surface area (Å²) < 4.78 is 0.993. The first-order valence-electron chi connectivity index (χ1n) is 4.88. The Morgan fingerprint density at radius 2 is 2.12 bits per heavy atom. The van der Waals surface area contributed by atoms with Gasteiger partial charge in [-0.1, -0.05) is 34.1 Å². The number of thiazole rings is 1. The maximum absolute atomic E-state index is 11.8. The van der Waals surface area contributed by atoms with E-state index < -0.39 is 0 Å². The maximum atomic E-state index is 11.8. The molecule has 0 amide bonds. The first-order chi connectivity index (χ1) is 7.75. The lowest BCUT2D eigenvalue weighted by molar-refractivity contribution is -0.117. The van der Waals surface area contributed by atoms with Crippen molar-refractivity contribution in [1.29, 1.82) is 0 Å². The van der Waals surface area contributed by atoms with Crippen LogP contribution in [0.15, 0.2) is 40.4 Å². The molecule has 2 rings (SSSR count). The summed E-state index contributed by atoms with van der Waals surface area (Å²) in [6, 6.07) is 7.81. The average molecular weight is 296 g/mol. The van der Waals surface area contributed by atoms with Gasteiger partial charge in [-0.15, -0.1) is 11.3 Å². The summed E-state index contributed by atoms with van der Waals surface area (Å²) in [4.78, 5) is 16.8. The smallest absolute Gasteiger partial charge is 0.142 e. The maximum Gasteiger partial charge on any atom is 0.142 e. The fraction of sp³-hybridized carbons (Fsp3) is 0.167. The summed E-state index contributed by atoms with van der Waals surface area (Å²) in [5, 5.41) is 0. The molecule has 4 heteroatoms. The van der Waals surface area contributed by atoms with Crippen LogP contribution in [-0.2, 0) is 17.6 Å². The Kier molecular flexibility index (Phi) is 3.85. The van der Waals surface area contributed by atoms with Gasteiger partial charge in [0.1, 0.15) is 5.78 Å². The van der Waals surface area contributed by atoms with Crippen LogP contribution in [0.4, 0.5) is 0 Å². The molecule has 0 atom stereocenters. The topological polar surface area (TPSA) is 30.0 Å². The van der Waals surface area contributed by atoms with Gasteiger partial charge in [-0.3, -0.25) is 9.78 Å². The highest BCUT2D eigenvalue weighted by Gasteiger charge is 2.08. The Hall–Kier alpha value is -1.00. The minimum Gasteiger partial charge on any atom is -0.299 e. The Labute approximate surface area is 106 Å². The summed E-state index contributed by atoms with van der Waals surface area (Å²) in [7, 11) is 0. The molecule has 0 radical (unpaired) electrons. The predicted molar refractivity (Wildman–Crippen MR) is 68.7 cm³/mol. The van der Waals surface area contributed by atoms with E-state index in [-0.39, 0.29) is 5.78 Å². The lowest BCUT2D eigenvalue weighted by atomic mass is 10.1. The molecule has 2 aromatic rings. The van der Waals surface area contributed by atoms with Gasteiger partial charge in [0.25, 0.3) is 0 Å². The van der Waals surface area contributed by atoms with Gasteiger partial charge in [0.15, 0.2) is 0 Å². The van der Waals surface area contributed by atoms with Crippen molar-refractivity contribution in [2.24, 2.45) is 0 Å². The van der Waals surface area contributed by atoms with Crippen molar-refractivity contribution < 1.29 is 4.79 Å². The van der Waals surface area contributed by atoms with Crippen LogP contribution in [0.2, 0.25) is 0 Å². The van der Waals surface area contributed by atoms with Gasteiger partial charge in [-0.25, -0.2) is 0 Å². The summed E-state index contributed by atoms with van der Waals surface area (Å²) in [6.07, 6.45) is 2.70. The second-order valence-electron chi connectivity index (χ2n) is 3.45. The van der Waals surface area contributed by atoms with E-state index in [1.807, 2.05) is 24.3 Å². The number of benzene rings is 1. The molecule has 82 valence electrons. The van der Waals surface area contributed by atoms with Crippen LogP contribution in [0.5, 0.6) is 0 Å². The Morgan fingerprint density at radius 3 is 2.81 bits per heavy atom. The van der Waals surface area contributed by atoms with Crippen LogP contribution >= 0.6 is 27.3 Å². The third kappa shape index (κ3) is 3.00. The molecule has 0 aliphatic heterocycles. The molecule has 1 aromatic carbocycles. The number of hydrogen-bond acceptors (Lipinski definition) is 3. The van der Waals surface area contributed by atoms with Crippen molar-refractivity contribution in [1.82, 2.24) is 4.98 Å². The van der Waals surface area contributed by atoms with E-state index >= 15 is 0 Å². The van der Waals surface area contributed by atoms with Crippen molar-refractivity contribution in [2.75, 3.05) is 0 Å². The van der Waals surface area contributed by atoms with E-state index in [0.717, 1.165) is 14.9 Å². The number of carbonyl (C=O) groups is 1. The molecule has 1 aromatic heterocycles. The third-order valence-electron chi connectivity index (χ3n) is 2.20. The summed E-state index contributed by atoms with van der Waals surface area (Å²) in [5.41, 5.74) is 2.79. The second kappa shape index (κ2) is 5.37. The molecule has 0 fully saturated rings. The van der Waals surface area contributed by atoms with E-state index in [9.17, 15) is 4.79 Å². The molecular formula is C12H10BrNOS. The normalized spacial score (nSPS) is 10.3. The lowest BCUT2D eigenvalue weighted by Crippen LogP contribution is -2.05. The predicted octanol–water partition coefficient (Wildman–Crippen LogP) is 3.26. The van der Waals surface area contributed by atoms with Gasteiger partial charge in [0, 0.05) is 28.4 Å². The van der Waals surface area contributed by atoms with Crippen LogP contribution < -0.4 is 0 Å². The third-order valence-corrected chi connectivity index (χ3v) is 3.75. The largest absolute Gasteiger partial charge is 0.299 e. The van der Waals surface area contributed by atoms with E-state index in [1.54, 1.807) is 11.7 Å². The number of ketones is 1. The molecule has 0 bridgehead atoms. The fourth-order valence-electron chi connectivity index (χ4n) is 1.44. The highest BCUT2D eigenvalue weighted by molar-refractivity contribution is 9.10. The number of aromatic nitrogens is 1. The van der Waals surface area contributed by atoms with Gasteiger partial charge in [0.05, 0.1) is 5.51 Å². The standard InChI is InChI=1S/C12H10BrNOS/c13-12-4-2-1-3-9(12)5-10(15)6-11-7-14-8-16-11/h1-4,7-8H,5-6H2. The Balaban J connectivity index is 2.00. The number of nitrogens with zero attached hydrogens (tertiary/aromatic N) is 1. The van der Waals surface area contributed by atoms with Crippen molar-refractivity contribution >= 4 is 33.0 Å². The number of hydrogen-bond donors (Lipinski definition) is 0. The van der Waals surface area contributed by atoms with Crippen molar-refractivity contribution in [3.63, 3.8) is 0 Å². The average Bonchev–Trinajstić information content (AvgIpc) is 2.74. The molecule has 0 saturated heterocycles. The van der Waals surface area contributed by atoms with Gasteiger partial charge in [0.2, 0.25) is 0 Å². The van der Waals surface area contributed by atoms with Gasteiger partial charge >= 0.3 is 0 Å². The number of carbonyl (C=O) groups excluding carboxylic acids is 1. The Morgan fingerprint density at radius 1 is 1.31 bits per heavy atom. The zero-order valence-corrected chi connectivity index (χ0v) is 10.9. The highest BCUT2D eigenvalue weighted by Crippen LogP contribution is 2.17. The zero-order valence-electron chi connectivity index (χ0n) is 8.52. The summed E-state index contributed by atoms with van der Waals surface area (Å²) in [5.74, 6) is 0.219. The van der Waals surface area contributed by atoms with Crippen molar-refractivity contribution in [2.45, 2.75) is 12.8 Å². The highest BCUT2D eigenvalue weighted by atomic mass is 79.9. The minimum atomic E-state index is 0.219. The molecule has 0 spiro atoms. The molecule has 0 aliphatic carbocycles. The van der Waals surface area contributed by atoms with Crippen molar-refractivity contribution in [3.8, 4) is 0 Å². The molecule has 0 N–H and O–H groups in total. The minimum absolute atomic E-state index is 0.219. The van der Waals surface area contributed by atoms with Crippen molar-refractivity contribution in [3.05, 3.63) is 50.9 Å². The summed E-state index contributed by atoms with van der Waals surface area (Å²) >= 11 is 4.96. The molecule has 0 saturated carbocycles. The molecule has 16 heavy (non-hydrogen) atoms. The molecule has 0 unspecified atom stereocenters. The quantitative estimate of drug-likeness (QED) is 0.867. The van der Waals surface area contributed by atoms with E-state index in [2.05, 4.69) is 20.9 Å². The van der Waals surface area contributed by atoms with E-state index in [0.29, 0.717) is 12.8 Å². The Bertz CT molecular complexity index is 482. The molecule has 0 aliphatic rings. The van der Waals surface area contributed by atoms with Gasteiger partial charge in [-0.2, -0.15) is 0 Å². The first kappa shape index (κ1) is 11.5. The molecule has 1 heterocycles. The molecular weight excluding hydrogens is 286 g/mol. The lowest BCUT2D eigenvalue weighted by Gasteiger charge is -2.02. The van der Waals surface area contributed by atoms with E-state index in [1.165, 1.54) is 11.3 Å². The van der Waals surface area contributed by atoms with E-state index in [4.69, 9.17) is 0 Å². The fourth-order valence-corrected chi connectivity index (χ4v) is 2.49. The van der Waals surface area contributed by atoms with Gasteiger partial charge in [-0.05, 0) is 11.6 Å². The van der Waals surface area contributed by atoms with Crippen LogP contribution in [-0.4, -0.2) is 10.8 Å². The zero-order chi connectivity index (χ0) is 11.4. The second-order valence-corrected chi connectivity index (χ2v) is 5.28. The van der Waals surface area contributed by atoms with Crippen LogP contribution in [0, 0.1) is 0 Å². The van der Waals surface area contributed by atoms with Crippen LogP contribution in [0.3, 0.4) is 0 Å². The van der Waals surface area contributed by atoms with Crippen LogP contribution in [0.1, 0.15) is 10.4 Å². The number of halogens is 1. The SMILES string of the molecule is O=C(Cc1cncs1)Cc1ccccc1Br. The summed E-state index contributed by atoms with van der Waals surface area (Å²) in [6.45, 7) is 0. The molecule has 2 nitrogen and oxygen atoms in total.